The van der Waals surface area contributed by atoms with Gasteiger partial charge in [0.2, 0.25) is 0 Å². The number of thioether (sulfide) groups is 2. The molecule has 17 heavy (non-hydrogen) atoms. The Labute approximate surface area is 111 Å². The minimum absolute atomic E-state index is 0.170. The zero-order valence-corrected chi connectivity index (χ0v) is 11.5. The van der Waals surface area contributed by atoms with E-state index in [-0.39, 0.29) is 5.84 Å². The van der Waals surface area contributed by atoms with Crippen molar-refractivity contribution in [3.8, 4) is 0 Å². The number of nitrogens with two attached hydrogens (primary N) is 1. The number of benzene rings is 1. The van der Waals surface area contributed by atoms with E-state index in [4.69, 9.17) is 11.1 Å². The summed E-state index contributed by atoms with van der Waals surface area (Å²) in [4.78, 5) is 3.43. The molecular weight excluding hydrogens is 250 g/mol. The van der Waals surface area contributed by atoms with E-state index in [0.717, 1.165) is 40.7 Å². The van der Waals surface area contributed by atoms with E-state index in [2.05, 4.69) is 17.0 Å². The standard InChI is InChI=1S/C12H17N3S2/c1-16-10-4-2-3-9(11(10)12(13)14)15-5-7-17-8-6-15/h2-4H,5-8H2,1H3,(H3,13,14). The van der Waals surface area contributed by atoms with Crippen LogP contribution < -0.4 is 10.6 Å². The molecule has 0 bridgehead atoms. The first kappa shape index (κ1) is 12.6. The van der Waals surface area contributed by atoms with E-state index >= 15 is 0 Å². The van der Waals surface area contributed by atoms with E-state index in [1.54, 1.807) is 11.8 Å². The second kappa shape index (κ2) is 5.69. The summed E-state index contributed by atoms with van der Waals surface area (Å²) in [6.45, 7) is 2.09. The zero-order chi connectivity index (χ0) is 12.3. The van der Waals surface area contributed by atoms with E-state index < -0.39 is 0 Å². The number of rotatable bonds is 3. The maximum absolute atomic E-state index is 7.77. The molecule has 0 amide bonds. The average molecular weight is 267 g/mol. The van der Waals surface area contributed by atoms with Crippen molar-refractivity contribution in [3.05, 3.63) is 23.8 Å². The minimum Gasteiger partial charge on any atom is -0.384 e. The fourth-order valence-electron chi connectivity index (χ4n) is 2.03. The molecule has 0 saturated carbocycles. The van der Waals surface area contributed by atoms with Crippen molar-refractivity contribution in [1.82, 2.24) is 0 Å². The number of nitrogen functional groups attached to an aromatic ring is 1. The highest BCUT2D eigenvalue weighted by Crippen LogP contribution is 2.30. The quantitative estimate of drug-likeness (QED) is 0.501. The molecule has 3 nitrogen and oxygen atoms in total. The van der Waals surface area contributed by atoms with Gasteiger partial charge in [-0.25, -0.2) is 0 Å². The average Bonchev–Trinajstić information content (AvgIpc) is 2.38. The van der Waals surface area contributed by atoms with Crippen LogP contribution in [-0.2, 0) is 0 Å². The molecule has 1 aromatic rings. The summed E-state index contributed by atoms with van der Waals surface area (Å²) in [7, 11) is 0. The molecule has 0 unspecified atom stereocenters. The number of amidine groups is 1. The van der Waals surface area contributed by atoms with Gasteiger partial charge in [-0.2, -0.15) is 11.8 Å². The first-order valence-corrected chi connectivity index (χ1v) is 7.96. The molecule has 1 fully saturated rings. The molecule has 0 spiro atoms. The summed E-state index contributed by atoms with van der Waals surface area (Å²) >= 11 is 3.63. The van der Waals surface area contributed by atoms with Crippen LogP contribution in [0.25, 0.3) is 0 Å². The van der Waals surface area contributed by atoms with Gasteiger partial charge in [0, 0.05) is 35.2 Å². The first-order chi connectivity index (χ1) is 8.24. The van der Waals surface area contributed by atoms with Gasteiger partial charge in [0.15, 0.2) is 0 Å². The second-order valence-corrected chi connectivity index (χ2v) is 5.94. The molecule has 0 atom stereocenters. The third-order valence-corrected chi connectivity index (χ3v) is 4.57. The molecule has 2 rings (SSSR count). The summed E-state index contributed by atoms with van der Waals surface area (Å²) < 4.78 is 0. The highest BCUT2D eigenvalue weighted by molar-refractivity contribution is 7.99. The van der Waals surface area contributed by atoms with Crippen LogP contribution in [0.3, 0.4) is 0 Å². The van der Waals surface area contributed by atoms with Crippen molar-refractivity contribution in [3.63, 3.8) is 0 Å². The highest BCUT2D eigenvalue weighted by Gasteiger charge is 2.18. The van der Waals surface area contributed by atoms with Gasteiger partial charge in [-0.3, -0.25) is 5.41 Å². The number of hydrogen-bond acceptors (Lipinski definition) is 4. The fraction of sp³-hybridized carbons (Fsp3) is 0.417. The molecule has 0 aliphatic carbocycles. The SMILES string of the molecule is CSc1cccc(N2CCSCC2)c1C(=N)N. The van der Waals surface area contributed by atoms with Crippen molar-refractivity contribution in [2.45, 2.75) is 4.90 Å². The summed E-state index contributed by atoms with van der Waals surface area (Å²) in [5.74, 6) is 2.48. The molecule has 5 heteroatoms. The monoisotopic (exact) mass is 267 g/mol. The topological polar surface area (TPSA) is 53.1 Å². The Kier molecular flexibility index (Phi) is 4.23. The number of nitrogens with one attached hydrogen (secondary N) is 1. The van der Waals surface area contributed by atoms with Crippen LogP contribution in [0.15, 0.2) is 23.1 Å². The van der Waals surface area contributed by atoms with Gasteiger partial charge in [0.05, 0.1) is 5.56 Å². The Hall–Kier alpha value is -0.810. The predicted molar refractivity (Wildman–Crippen MR) is 78.8 cm³/mol. The van der Waals surface area contributed by atoms with Crippen LogP contribution in [-0.4, -0.2) is 36.7 Å². The van der Waals surface area contributed by atoms with Gasteiger partial charge < -0.3 is 10.6 Å². The summed E-state index contributed by atoms with van der Waals surface area (Å²) in [5.41, 5.74) is 7.75. The summed E-state index contributed by atoms with van der Waals surface area (Å²) in [5, 5.41) is 7.77. The van der Waals surface area contributed by atoms with E-state index in [0.29, 0.717) is 0 Å². The van der Waals surface area contributed by atoms with E-state index in [1.807, 2.05) is 24.1 Å². The highest BCUT2D eigenvalue weighted by atomic mass is 32.2. The van der Waals surface area contributed by atoms with Gasteiger partial charge in [0.1, 0.15) is 5.84 Å². The molecule has 1 heterocycles. The van der Waals surface area contributed by atoms with Gasteiger partial charge in [-0.15, -0.1) is 11.8 Å². The first-order valence-electron chi connectivity index (χ1n) is 5.58. The lowest BCUT2D eigenvalue weighted by atomic mass is 10.1. The molecule has 3 N–H and O–H groups in total. The molecule has 0 aromatic heterocycles. The third-order valence-electron chi connectivity index (χ3n) is 2.85. The fourth-order valence-corrected chi connectivity index (χ4v) is 3.56. The Morgan fingerprint density at radius 1 is 1.41 bits per heavy atom. The van der Waals surface area contributed by atoms with Gasteiger partial charge in [-0.1, -0.05) is 6.07 Å². The smallest absolute Gasteiger partial charge is 0.126 e. The molecular formula is C12H17N3S2. The van der Waals surface area contributed by atoms with Crippen molar-refractivity contribution in [1.29, 1.82) is 5.41 Å². The van der Waals surface area contributed by atoms with E-state index in [9.17, 15) is 0 Å². The predicted octanol–water partition coefficient (Wildman–Crippen LogP) is 2.25. The molecule has 1 aliphatic rings. The number of hydrogen-bond donors (Lipinski definition) is 2. The van der Waals surface area contributed by atoms with Crippen LogP contribution in [0.2, 0.25) is 0 Å². The molecule has 1 aromatic carbocycles. The van der Waals surface area contributed by atoms with Crippen LogP contribution in [0.5, 0.6) is 0 Å². The van der Waals surface area contributed by atoms with Gasteiger partial charge in [0.25, 0.3) is 0 Å². The van der Waals surface area contributed by atoms with Crippen LogP contribution in [0.1, 0.15) is 5.56 Å². The van der Waals surface area contributed by atoms with Crippen LogP contribution in [0, 0.1) is 5.41 Å². The van der Waals surface area contributed by atoms with Crippen LogP contribution in [0.4, 0.5) is 5.69 Å². The Bertz CT molecular complexity index is 414. The summed E-state index contributed by atoms with van der Waals surface area (Å²) in [6, 6.07) is 6.16. The van der Waals surface area contributed by atoms with Crippen molar-refractivity contribution in [2.75, 3.05) is 35.8 Å². The Morgan fingerprint density at radius 2 is 2.12 bits per heavy atom. The summed E-state index contributed by atoms with van der Waals surface area (Å²) in [6.07, 6.45) is 2.03. The van der Waals surface area contributed by atoms with Gasteiger partial charge in [-0.05, 0) is 18.4 Å². The van der Waals surface area contributed by atoms with Crippen molar-refractivity contribution in [2.24, 2.45) is 5.73 Å². The normalized spacial score (nSPS) is 15.9. The lowest BCUT2D eigenvalue weighted by Gasteiger charge is -2.30. The lowest BCUT2D eigenvalue weighted by molar-refractivity contribution is 0.855. The van der Waals surface area contributed by atoms with Gasteiger partial charge >= 0.3 is 0 Å². The maximum atomic E-state index is 7.77. The molecule has 1 saturated heterocycles. The minimum atomic E-state index is 0.170. The third kappa shape index (κ3) is 2.72. The number of nitrogens with zero attached hydrogens (tertiary/aromatic N) is 1. The Balaban J connectivity index is 2.40. The number of anilines is 1. The second-order valence-electron chi connectivity index (χ2n) is 3.87. The largest absolute Gasteiger partial charge is 0.384 e. The Morgan fingerprint density at radius 3 is 2.71 bits per heavy atom. The van der Waals surface area contributed by atoms with Crippen molar-refractivity contribution >= 4 is 35.0 Å². The molecule has 92 valence electrons. The lowest BCUT2D eigenvalue weighted by Crippen LogP contribution is -2.34. The van der Waals surface area contributed by atoms with E-state index in [1.165, 1.54) is 0 Å². The zero-order valence-electron chi connectivity index (χ0n) is 9.90. The van der Waals surface area contributed by atoms with Crippen LogP contribution >= 0.6 is 23.5 Å². The molecule has 0 radical (unpaired) electrons. The maximum Gasteiger partial charge on any atom is 0.126 e. The molecule has 1 aliphatic heterocycles. The van der Waals surface area contributed by atoms with Crippen molar-refractivity contribution < 1.29 is 0 Å².